The number of fused-ring (bicyclic) bond motifs is 1. The van der Waals surface area contributed by atoms with Gasteiger partial charge in [-0.15, -0.1) is 0 Å². The predicted molar refractivity (Wildman–Crippen MR) is 76.8 cm³/mol. The first-order chi connectivity index (χ1) is 9.76. The molecule has 2 rings (SSSR count). The SMILES string of the molecule is COCCCNC(=O)Cn1ccc2cccc(C=O)c21. The van der Waals surface area contributed by atoms with Gasteiger partial charge in [0.05, 0.1) is 5.52 Å². The summed E-state index contributed by atoms with van der Waals surface area (Å²) < 4.78 is 6.72. The van der Waals surface area contributed by atoms with Gasteiger partial charge >= 0.3 is 0 Å². The molecule has 106 valence electrons. The number of carbonyl (C=O) groups is 2. The van der Waals surface area contributed by atoms with Crippen LogP contribution in [0.4, 0.5) is 0 Å². The molecule has 0 aliphatic carbocycles. The summed E-state index contributed by atoms with van der Waals surface area (Å²) >= 11 is 0. The van der Waals surface area contributed by atoms with Crippen molar-refractivity contribution in [3.05, 3.63) is 36.0 Å². The molecule has 5 heteroatoms. The molecule has 1 amide bonds. The minimum atomic E-state index is -0.0701. The molecule has 20 heavy (non-hydrogen) atoms. The maximum absolute atomic E-state index is 11.9. The molecule has 0 saturated carbocycles. The van der Waals surface area contributed by atoms with E-state index in [4.69, 9.17) is 4.74 Å². The van der Waals surface area contributed by atoms with Gasteiger partial charge in [0.1, 0.15) is 6.54 Å². The average Bonchev–Trinajstić information content (AvgIpc) is 2.87. The highest BCUT2D eigenvalue weighted by Crippen LogP contribution is 2.18. The van der Waals surface area contributed by atoms with E-state index in [1.54, 1.807) is 17.7 Å². The van der Waals surface area contributed by atoms with Crippen molar-refractivity contribution in [3.8, 4) is 0 Å². The van der Waals surface area contributed by atoms with Crippen molar-refractivity contribution in [3.63, 3.8) is 0 Å². The maximum atomic E-state index is 11.9. The summed E-state index contributed by atoms with van der Waals surface area (Å²) in [5.74, 6) is -0.0701. The van der Waals surface area contributed by atoms with E-state index >= 15 is 0 Å². The van der Waals surface area contributed by atoms with Crippen LogP contribution >= 0.6 is 0 Å². The van der Waals surface area contributed by atoms with E-state index in [-0.39, 0.29) is 12.5 Å². The number of hydrogen-bond acceptors (Lipinski definition) is 3. The summed E-state index contributed by atoms with van der Waals surface area (Å²) in [4.78, 5) is 22.9. The first-order valence-corrected chi connectivity index (χ1v) is 6.55. The monoisotopic (exact) mass is 274 g/mol. The highest BCUT2D eigenvalue weighted by molar-refractivity contribution is 5.97. The molecule has 1 heterocycles. The van der Waals surface area contributed by atoms with Gasteiger partial charge in [0, 0.05) is 37.4 Å². The number of rotatable bonds is 7. The summed E-state index contributed by atoms with van der Waals surface area (Å²) in [6.07, 6.45) is 3.43. The third-order valence-corrected chi connectivity index (χ3v) is 3.11. The van der Waals surface area contributed by atoms with Crippen LogP contribution in [0.3, 0.4) is 0 Å². The number of amides is 1. The Morgan fingerprint density at radius 2 is 2.25 bits per heavy atom. The van der Waals surface area contributed by atoms with Crippen molar-refractivity contribution >= 4 is 23.1 Å². The lowest BCUT2D eigenvalue weighted by Gasteiger charge is -2.08. The molecule has 1 aromatic carbocycles. The number of aromatic nitrogens is 1. The number of ether oxygens (including phenoxy) is 1. The molecular formula is C15H18N2O3. The summed E-state index contributed by atoms with van der Waals surface area (Å²) in [7, 11) is 1.63. The number of para-hydroxylation sites is 1. The maximum Gasteiger partial charge on any atom is 0.239 e. The highest BCUT2D eigenvalue weighted by atomic mass is 16.5. The molecule has 0 bridgehead atoms. The smallest absolute Gasteiger partial charge is 0.239 e. The van der Waals surface area contributed by atoms with E-state index in [1.807, 2.05) is 24.4 Å². The number of nitrogens with one attached hydrogen (secondary N) is 1. The number of methoxy groups -OCH3 is 1. The normalized spacial score (nSPS) is 10.7. The fourth-order valence-corrected chi connectivity index (χ4v) is 2.17. The molecule has 2 aromatic rings. The Bertz CT molecular complexity index is 604. The highest BCUT2D eigenvalue weighted by Gasteiger charge is 2.09. The molecule has 0 radical (unpaired) electrons. The average molecular weight is 274 g/mol. The number of carbonyl (C=O) groups excluding carboxylic acids is 2. The van der Waals surface area contributed by atoms with Gasteiger partial charge in [0.15, 0.2) is 6.29 Å². The summed E-state index contributed by atoms with van der Waals surface area (Å²) in [6, 6.07) is 7.42. The van der Waals surface area contributed by atoms with E-state index in [0.29, 0.717) is 18.7 Å². The molecule has 0 spiro atoms. The van der Waals surface area contributed by atoms with Crippen LogP contribution in [0.2, 0.25) is 0 Å². The molecule has 1 N–H and O–H groups in total. The van der Waals surface area contributed by atoms with E-state index in [9.17, 15) is 9.59 Å². The number of hydrogen-bond donors (Lipinski definition) is 1. The molecule has 0 saturated heterocycles. The van der Waals surface area contributed by atoms with Crippen molar-refractivity contribution in [1.82, 2.24) is 9.88 Å². The zero-order valence-corrected chi connectivity index (χ0v) is 11.5. The molecular weight excluding hydrogens is 256 g/mol. The first-order valence-electron chi connectivity index (χ1n) is 6.55. The molecule has 0 aliphatic heterocycles. The third-order valence-electron chi connectivity index (χ3n) is 3.11. The summed E-state index contributed by atoms with van der Waals surface area (Å²) in [6.45, 7) is 1.43. The van der Waals surface area contributed by atoms with Gasteiger partial charge in [-0.1, -0.05) is 12.1 Å². The third kappa shape index (κ3) is 3.24. The van der Waals surface area contributed by atoms with E-state index in [1.165, 1.54) is 0 Å². The van der Waals surface area contributed by atoms with Crippen LogP contribution in [0.15, 0.2) is 30.5 Å². The van der Waals surface area contributed by atoms with Gasteiger partial charge in [0.25, 0.3) is 0 Å². The van der Waals surface area contributed by atoms with Crippen LogP contribution in [0.25, 0.3) is 10.9 Å². The fourth-order valence-electron chi connectivity index (χ4n) is 2.17. The number of aldehydes is 1. The lowest BCUT2D eigenvalue weighted by molar-refractivity contribution is -0.121. The quantitative estimate of drug-likeness (QED) is 0.616. The van der Waals surface area contributed by atoms with Gasteiger partial charge in [-0.05, 0) is 18.6 Å². The van der Waals surface area contributed by atoms with E-state index in [2.05, 4.69) is 5.32 Å². The molecule has 0 fully saturated rings. The molecule has 1 aromatic heterocycles. The van der Waals surface area contributed by atoms with E-state index < -0.39 is 0 Å². The molecule has 5 nitrogen and oxygen atoms in total. The van der Waals surface area contributed by atoms with E-state index in [0.717, 1.165) is 23.6 Å². The Morgan fingerprint density at radius 1 is 1.40 bits per heavy atom. The Morgan fingerprint density at radius 3 is 3.00 bits per heavy atom. The predicted octanol–water partition coefficient (Wildman–Crippen LogP) is 1.61. The van der Waals surface area contributed by atoms with Crippen LogP contribution in [-0.2, 0) is 16.1 Å². The number of benzene rings is 1. The van der Waals surface area contributed by atoms with Crippen molar-refractivity contribution in [2.24, 2.45) is 0 Å². The molecule has 0 unspecified atom stereocenters. The Hall–Kier alpha value is -2.14. The van der Waals surface area contributed by atoms with Crippen LogP contribution in [0.1, 0.15) is 16.8 Å². The molecule has 0 aliphatic rings. The largest absolute Gasteiger partial charge is 0.385 e. The van der Waals surface area contributed by atoms with Crippen molar-refractivity contribution in [2.45, 2.75) is 13.0 Å². The minimum absolute atomic E-state index is 0.0701. The van der Waals surface area contributed by atoms with Gasteiger partial charge in [-0.2, -0.15) is 0 Å². The first kappa shape index (κ1) is 14.3. The van der Waals surface area contributed by atoms with Crippen molar-refractivity contribution in [2.75, 3.05) is 20.3 Å². The van der Waals surface area contributed by atoms with Crippen LogP contribution < -0.4 is 5.32 Å². The van der Waals surface area contributed by atoms with Crippen LogP contribution in [0.5, 0.6) is 0 Å². The molecule has 0 atom stereocenters. The van der Waals surface area contributed by atoms with Crippen LogP contribution in [-0.4, -0.2) is 37.0 Å². The lowest BCUT2D eigenvalue weighted by atomic mass is 10.1. The Labute approximate surface area is 117 Å². The van der Waals surface area contributed by atoms with Gasteiger partial charge in [-0.25, -0.2) is 0 Å². The second-order valence-electron chi connectivity index (χ2n) is 4.54. The lowest BCUT2D eigenvalue weighted by Crippen LogP contribution is -2.28. The van der Waals surface area contributed by atoms with Gasteiger partial charge in [0.2, 0.25) is 5.91 Å². The topological polar surface area (TPSA) is 60.3 Å². The van der Waals surface area contributed by atoms with Crippen molar-refractivity contribution in [1.29, 1.82) is 0 Å². The second kappa shape index (κ2) is 6.86. The summed E-state index contributed by atoms with van der Waals surface area (Å²) in [5.41, 5.74) is 1.40. The summed E-state index contributed by atoms with van der Waals surface area (Å²) in [5, 5.41) is 3.79. The zero-order valence-electron chi connectivity index (χ0n) is 11.5. The van der Waals surface area contributed by atoms with Crippen LogP contribution in [0, 0.1) is 0 Å². The second-order valence-corrected chi connectivity index (χ2v) is 4.54. The van der Waals surface area contributed by atoms with Crippen molar-refractivity contribution < 1.29 is 14.3 Å². The zero-order chi connectivity index (χ0) is 14.4. The van der Waals surface area contributed by atoms with Gasteiger partial charge in [-0.3, -0.25) is 9.59 Å². The Balaban J connectivity index is 2.06. The van der Waals surface area contributed by atoms with Gasteiger partial charge < -0.3 is 14.6 Å². The minimum Gasteiger partial charge on any atom is -0.385 e. The standard InChI is InChI=1S/C15H18N2O3/c1-20-9-3-7-16-14(19)10-17-8-6-12-4-2-5-13(11-18)15(12)17/h2,4-6,8,11H,3,7,9-10H2,1H3,(H,16,19). The Kier molecular flexibility index (Phi) is 4.90. The number of nitrogens with zero attached hydrogens (tertiary/aromatic N) is 1. The fraction of sp³-hybridized carbons (Fsp3) is 0.333.